The Morgan fingerprint density at radius 1 is 0.265 bits per heavy atom. The first kappa shape index (κ1) is 94.3. The highest BCUT2D eigenvalue weighted by Crippen LogP contribution is 2.28. The lowest BCUT2D eigenvalue weighted by molar-refractivity contribution is -0.175. The van der Waals surface area contributed by atoms with Gasteiger partial charge in [-0.05, 0) is 19.3 Å². The van der Waals surface area contributed by atoms with Crippen LogP contribution in [-0.2, 0) is 33.3 Å². The number of hydrogen-bond acceptors (Lipinski definition) is 8. The van der Waals surface area contributed by atoms with E-state index in [1.54, 1.807) is 0 Å². The van der Waals surface area contributed by atoms with Crippen LogP contribution in [-0.4, -0.2) is 60.6 Å². The van der Waals surface area contributed by atoms with Gasteiger partial charge in [-0.2, -0.15) is 0 Å². The first-order valence-electron chi connectivity index (χ1n) is 45.3. The van der Waals surface area contributed by atoms with E-state index in [1.807, 2.05) is 0 Å². The molecule has 582 valence electrons. The number of hydrogen-bond donors (Lipinski definition) is 1. The van der Waals surface area contributed by atoms with Gasteiger partial charge in [0.25, 0.3) is 0 Å². The number of aliphatic hydroxyl groups is 1. The average molecular weight is 1380 g/mol. The standard InChI is InChI=1S/C90H174O8/c1-4-7-10-13-16-19-22-25-28-31-34-37-40-43-46-49-52-55-58-61-64-67-70-73-76-79-86(92)96-84(82-91)89-90(98-88(94)81-78-75-72-69-66-63-60-57-54-51-48-45-42-39-36-33-30-27-24-21-18-15-12-9-6-3)85(83-95-89)97-87(93)80-77-74-71-68-65-62-59-56-53-50-47-44-41-38-35-32-29-26-23-20-17-14-11-8-5-2/h84-85,89-91H,4-83H2,1-3H3/t84-,85+,89-,90-/m1/s1. The van der Waals surface area contributed by atoms with E-state index in [2.05, 4.69) is 20.8 Å². The van der Waals surface area contributed by atoms with Gasteiger partial charge in [0.2, 0.25) is 0 Å². The van der Waals surface area contributed by atoms with Crippen molar-refractivity contribution in [3.63, 3.8) is 0 Å². The zero-order valence-corrected chi connectivity index (χ0v) is 66.7. The fourth-order valence-electron chi connectivity index (χ4n) is 15.3. The van der Waals surface area contributed by atoms with Gasteiger partial charge in [0.15, 0.2) is 18.3 Å². The summed E-state index contributed by atoms with van der Waals surface area (Å²) in [4.78, 5) is 40.0. The molecule has 0 bridgehead atoms. The van der Waals surface area contributed by atoms with Crippen molar-refractivity contribution < 1.29 is 38.4 Å². The third-order valence-electron chi connectivity index (χ3n) is 22.0. The molecule has 0 aromatic carbocycles. The molecule has 1 saturated heterocycles. The summed E-state index contributed by atoms with van der Waals surface area (Å²) < 4.78 is 24.1. The highest BCUT2D eigenvalue weighted by Gasteiger charge is 2.48. The van der Waals surface area contributed by atoms with Crippen molar-refractivity contribution in [2.75, 3.05) is 13.2 Å². The lowest BCUT2D eigenvalue weighted by Crippen LogP contribution is -2.46. The summed E-state index contributed by atoms with van der Waals surface area (Å²) in [6.07, 6.45) is 97.3. The Balaban J connectivity index is 2.34. The molecule has 0 amide bonds. The Morgan fingerprint density at radius 2 is 0.439 bits per heavy atom. The first-order valence-corrected chi connectivity index (χ1v) is 45.3. The zero-order chi connectivity index (χ0) is 70.4. The van der Waals surface area contributed by atoms with E-state index in [-0.39, 0.29) is 37.4 Å². The third-order valence-corrected chi connectivity index (χ3v) is 22.0. The Hall–Kier alpha value is -1.67. The second kappa shape index (κ2) is 79.4. The second-order valence-corrected chi connectivity index (χ2v) is 31.7. The van der Waals surface area contributed by atoms with E-state index in [9.17, 15) is 19.5 Å². The van der Waals surface area contributed by atoms with E-state index in [0.29, 0.717) is 6.42 Å². The number of rotatable bonds is 83. The van der Waals surface area contributed by atoms with Crippen LogP contribution in [0.1, 0.15) is 522 Å². The van der Waals surface area contributed by atoms with Crippen LogP contribution in [0.5, 0.6) is 0 Å². The van der Waals surface area contributed by atoms with E-state index in [4.69, 9.17) is 18.9 Å². The monoisotopic (exact) mass is 1380 g/mol. The molecule has 0 saturated carbocycles. The van der Waals surface area contributed by atoms with E-state index in [1.165, 1.54) is 424 Å². The van der Waals surface area contributed by atoms with Gasteiger partial charge in [-0.15, -0.1) is 0 Å². The molecule has 1 heterocycles. The molecule has 0 aromatic rings. The highest BCUT2D eigenvalue weighted by atomic mass is 16.6. The summed E-state index contributed by atoms with van der Waals surface area (Å²) in [6.45, 7) is 6.45. The maximum atomic E-state index is 13.5. The number of esters is 3. The summed E-state index contributed by atoms with van der Waals surface area (Å²) in [7, 11) is 0. The third kappa shape index (κ3) is 67.5. The SMILES string of the molecule is CCCCCCCCCCCCCCCCCCCCCCCCCCCC(=O)O[C@H]1[C@@H]([C@@H](CO)OC(=O)CCCCCCCCCCCCCCCCCCCCCCCCCCC)OC[C@@H]1OC(=O)CCCCCCCCCCCCCCCCCCCCCCCCCCC. The van der Waals surface area contributed by atoms with Crippen molar-refractivity contribution in [2.45, 2.75) is 546 Å². The summed E-state index contributed by atoms with van der Waals surface area (Å²) in [5, 5.41) is 10.6. The van der Waals surface area contributed by atoms with Crippen molar-refractivity contribution in [3.8, 4) is 0 Å². The fourth-order valence-corrected chi connectivity index (χ4v) is 15.3. The Morgan fingerprint density at radius 3 is 0.633 bits per heavy atom. The van der Waals surface area contributed by atoms with Crippen LogP contribution in [0, 0.1) is 0 Å². The molecule has 4 atom stereocenters. The maximum absolute atomic E-state index is 13.5. The van der Waals surface area contributed by atoms with Crippen LogP contribution in [0.2, 0.25) is 0 Å². The molecule has 8 heteroatoms. The molecule has 8 nitrogen and oxygen atoms in total. The van der Waals surface area contributed by atoms with Crippen LogP contribution < -0.4 is 0 Å². The molecule has 1 aliphatic rings. The fraction of sp³-hybridized carbons (Fsp3) is 0.967. The van der Waals surface area contributed by atoms with E-state index >= 15 is 0 Å². The van der Waals surface area contributed by atoms with Crippen molar-refractivity contribution in [1.82, 2.24) is 0 Å². The Labute approximate surface area is 612 Å². The quantitative estimate of drug-likeness (QED) is 0.0364. The predicted molar refractivity (Wildman–Crippen MR) is 424 cm³/mol. The Kier molecular flexibility index (Phi) is 76.5. The van der Waals surface area contributed by atoms with E-state index < -0.39 is 31.0 Å². The van der Waals surface area contributed by atoms with Gasteiger partial charge in [0, 0.05) is 19.3 Å². The second-order valence-electron chi connectivity index (χ2n) is 31.7. The molecule has 98 heavy (non-hydrogen) atoms. The van der Waals surface area contributed by atoms with Gasteiger partial charge in [-0.3, -0.25) is 14.4 Å². The van der Waals surface area contributed by atoms with Crippen LogP contribution in [0.15, 0.2) is 0 Å². The van der Waals surface area contributed by atoms with Gasteiger partial charge in [0.05, 0.1) is 13.2 Å². The number of aliphatic hydroxyl groups excluding tert-OH is 1. The highest BCUT2D eigenvalue weighted by molar-refractivity contribution is 5.71. The number of ether oxygens (including phenoxy) is 4. The molecule has 0 aromatic heterocycles. The van der Waals surface area contributed by atoms with Crippen molar-refractivity contribution in [3.05, 3.63) is 0 Å². The summed E-state index contributed by atoms with van der Waals surface area (Å²) in [5.41, 5.74) is 0. The largest absolute Gasteiger partial charge is 0.457 e. The molecule has 1 aliphatic heterocycles. The zero-order valence-electron chi connectivity index (χ0n) is 66.7. The first-order chi connectivity index (χ1) is 48.5. The molecular formula is C90H174O8. The van der Waals surface area contributed by atoms with Crippen LogP contribution >= 0.6 is 0 Å². The number of carbonyl (C=O) groups excluding carboxylic acids is 3. The summed E-state index contributed by atoms with van der Waals surface area (Å²) in [6, 6.07) is 0. The van der Waals surface area contributed by atoms with Gasteiger partial charge in [-0.1, -0.05) is 483 Å². The van der Waals surface area contributed by atoms with E-state index in [0.717, 1.165) is 57.8 Å². The van der Waals surface area contributed by atoms with Gasteiger partial charge >= 0.3 is 17.9 Å². The normalized spacial score (nSPS) is 15.0. The summed E-state index contributed by atoms with van der Waals surface area (Å²) >= 11 is 0. The van der Waals surface area contributed by atoms with Crippen LogP contribution in [0.25, 0.3) is 0 Å². The van der Waals surface area contributed by atoms with Gasteiger partial charge in [-0.25, -0.2) is 0 Å². The molecule has 0 spiro atoms. The lowest BCUT2D eigenvalue weighted by Gasteiger charge is -2.28. The Bertz CT molecular complexity index is 1590. The summed E-state index contributed by atoms with van der Waals surface area (Å²) in [5.74, 6) is -1.06. The van der Waals surface area contributed by atoms with Crippen molar-refractivity contribution in [1.29, 1.82) is 0 Å². The molecule has 1 fully saturated rings. The number of unbranched alkanes of at least 4 members (excludes halogenated alkanes) is 72. The minimum Gasteiger partial charge on any atom is -0.457 e. The number of carbonyl (C=O) groups is 3. The minimum atomic E-state index is -1.02. The minimum absolute atomic E-state index is 0.0287. The molecular weight excluding hydrogens is 1210 g/mol. The molecule has 0 unspecified atom stereocenters. The average Bonchev–Trinajstić information content (AvgIpc) is 1.79. The predicted octanol–water partition coefficient (Wildman–Crippen LogP) is 29.6. The smallest absolute Gasteiger partial charge is 0.306 e. The topological polar surface area (TPSA) is 108 Å². The van der Waals surface area contributed by atoms with Crippen LogP contribution in [0.3, 0.4) is 0 Å². The van der Waals surface area contributed by atoms with Crippen LogP contribution in [0.4, 0.5) is 0 Å². The van der Waals surface area contributed by atoms with Gasteiger partial charge < -0.3 is 24.1 Å². The van der Waals surface area contributed by atoms with Crippen molar-refractivity contribution in [2.24, 2.45) is 0 Å². The molecule has 0 aliphatic carbocycles. The molecule has 1 rings (SSSR count). The lowest BCUT2D eigenvalue weighted by atomic mass is 10.0. The maximum Gasteiger partial charge on any atom is 0.306 e. The molecule has 0 radical (unpaired) electrons. The van der Waals surface area contributed by atoms with Crippen molar-refractivity contribution >= 4 is 17.9 Å². The molecule has 1 N–H and O–H groups in total. The van der Waals surface area contributed by atoms with Gasteiger partial charge in [0.1, 0.15) is 6.10 Å².